The maximum absolute atomic E-state index is 12.9. The van der Waals surface area contributed by atoms with Crippen molar-refractivity contribution >= 4 is 23.2 Å². The second kappa shape index (κ2) is 8.21. The first kappa shape index (κ1) is 19.5. The van der Waals surface area contributed by atoms with Crippen LogP contribution < -0.4 is 19.7 Å². The number of amides is 2. The molecule has 0 saturated carbocycles. The average molecular weight is 383 g/mol. The van der Waals surface area contributed by atoms with E-state index in [1.165, 1.54) is 0 Å². The third-order valence-corrected chi connectivity index (χ3v) is 4.65. The summed E-state index contributed by atoms with van der Waals surface area (Å²) in [7, 11) is 3.78. The monoisotopic (exact) mass is 383 g/mol. The van der Waals surface area contributed by atoms with Gasteiger partial charge in [0.05, 0.1) is 5.56 Å². The Kier molecular flexibility index (Phi) is 5.73. The molecule has 2 aromatic rings. The minimum Gasteiger partial charge on any atom is -0.454 e. The molecular weight excluding hydrogens is 358 g/mol. The molecule has 1 N–H and O–H groups in total. The molecule has 0 aromatic heterocycles. The van der Waals surface area contributed by atoms with Crippen LogP contribution in [0.1, 0.15) is 34.6 Å². The molecular formula is C21H25N3O4. The summed E-state index contributed by atoms with van der Waals surface area (Å²) in [6, 6.07) is 10.4. The summed E-state index contributed by atoms with van der Waals surface area (Å²) in [4.78, 5) is 29.2. The van der Waals surface area contributed by atoms with E-state index in [1.54, 1.807) is 35.2 Å². The molecule has 2 aromatic carbocycles. The molecule has 28 heavy (non-hydrogen) atoms. The SMILES string of the molecule is CCN(CC)C(=O)c1cc(NC(=O)c2ccc3c(c2)OCO3)ccc1N(C)C. The van der Waals surface area contributed by atoms with E-state index >= 15 is 0 Å². The molecule has 7 nitrogen and oxygen atoms in total. The number of anilines is 2. The maximum Gasteiger partial charge on any atom is 0.256 e. The van der Waals surface area contributed by atoms with Crippen LogP contribution in [0.3, 0.4) is 0 Å². The number of nitrogens with zero attached hydrogens (tertiary/aromatic N) is 2. The van der Waals surface area contributed by atoms with Crippen LogP contribution in [0.15, 0.2) is 36.4 Å². The van der Waals surface area contributed by atoms with E-state index in [4.69, 9.17) is 9.47 Å². The second-order valence-corrected chi connectivity index (χ2v) is 6.63. The van der Waals surface area contributed by atoms with Crippen LogP contribution in [0.2, 0.25) is 0 Å². The molecule has 148 valence electrons. The lowest BCUT2D eigenvalue weighted by Gasteiger charge is -2.23. The van der Waals surface area contributed by atoms with Crippen molar-refractivity contribution in [1.82, 2.24) is 4.90 Å². The molecule has 0 fully saturated rings. The van der Waals surface area contributed by atoms with Crippen LogP contribution in [-0.2, 0) is 0 Å². The number of carbonyl (C=O) groups is 2. The van der Waals surface area contributed by atoms with E-state index in [2.05, 4.69) is 5.32 Å². The van der Waals surface area contributed by atoms with Gasteiger partial charge < -0.3 is 24.6 Å². The van der Waals surface area contributed by atoms with Crippen molar-refractivity contribution in [2.45, 2.75) is 13.8 Å². The first-order valence-corrected chi connectivity index (χ1v) is 9.26. The third kappa shape index (κ3) is 3.88. The molecule has 7 heteroatoms. The van der Waals surface area contributed by atoms with Gasteiger partial charge in [0.25, 0.3) is 11.8 Å². The van der Waals surface area contributed by atoms with Crippen LogP contribution >= 0.6 is 0 Å². The van der Waals surface area contributed by atoms with Crippen LogP contribution in [0.25, 0.3) is 0 Å². The fourth-order valence-electron chi connectivity index (χ4n) is 3.10. The molecule has 1 aliphatic rings. The normalized spacial score (nSPS) is 11.9. The predicted octanol–water partition coefficient (Wildman–Crippen LogP) is 3.22. The van der Waals surface area contributed by atoms with E-state index in [9.17, 15) is 9.59 Å². The van der Waals surface area contributed by atoms with Crippen molar-refractivity contribution in [3.8, 4) is 11.5 Å². The van der Waals surface area contributed by atoms with E-state index < -0.39 is 0 Å². The molecule has 2 amide bonds. The summed E-state index contributed by atoms with van der Waals surface area (Å²) >= 11 is 0. The van der Waals surface area contributed by atoms with Crippen molar-refractivity contribution in [1.29, 1.82) is 0 Å². The summed E-state index contributed by atoms with van der Waals surface area (Å²) in [5.74, 6) is 0.831. The zero-order chi connectivity index (χ0) is 20.3. The molecule has 0 unspecified atom stereocenters. The van der Waals surface area contributed by atoms with Crippen molar-refractivity contribution in [2.24, 2.45) is 0 Å². The number of benzene rings is 2. The Morgan fingerprint density at radius 3 is 2.39 bits per heavy atom. The fraction of sp³-hybridized carbons (Fsp3) is 0.333. The summed E-state index contributed by atoms with van der Waals surface area (Å²) in [5.41, 5.74) is 2.37. The van der Waals surface area contributed by atoms with Gasteiger partial charge in [0.2, 0.25) is 6.79 Å². The van der Waals surface area contributed by atoms with Gasteiger partial charge in [-0.1, -0.05) is 0 Å². The van der Waals surface area contributed by atoms with Gasteiger partial charge in [0.1, 0.15) is 0 Å². The standard InChI is InChI=1S/C21H25N3O4/c1-5-24(6-2)21(26)16-12-15(8-9-17(16)23(3)4)22-20(25)14-7-10-18-19(11-14)28-13-27-18/h7-12H,5-6,13H2,1-4H3,(H,22,25). The fourth-order valence-corrected chi connectivity index (χ4v) is 3.10. The third-order valence-electron chi connectivity index (χ3n) is 4.65. The van der Waals surface area contributed by atoms with E-state index in [-0.39, 0.29) is 18.6 Å². The first-order chi connectivity index (χ1) is 13.4. The van der Waals surface area contributed by atoms with E-state index in [0.717, 1.165) is 5.69 Å². The van der Waals surface area contributed by atoms with Gasteiger partial charge in [-0.2, -0.15) is 0 Å². The molecule has 0 atom stereocenters. The van der Waals surface area contributed by atoms with Gasteiger partial charge in [-0.3, -0.25) is 9.59 Å². The molecule has 0 aliphatic carbocycles. The zero-order valence-corrected chi connectivity index (χ0v) is 16.6. The van der Waals surface area contributed by atoms with Gasteiger partial charge in [-0.05, 0) is 50.2 Å². The summed E-state index contributed by atoms with van der Waals surface area (Å²) in [6.45, 7) is 5.29. The average Bonchev–Trinajstić information content (AvgIpc) is 3.16. The van der Waals surface area contributed by atoms with Crippen LogP contribution in [-0.4, -0.2) is 50.7 Å². The second-order valence-electron chi connectivity index (χ2n) is 6.63. The maximum atomic E-state index is 12.9. The van der Waals surface area contributed by atoms with Crippen molar-refractivity contribution < 1.29 is 19.1 Å². The molecule has 0 radical (unpaired) electrons. The highest BCUT2D eigenvalue weighted by molar-refractivity contribution is 6.06. The van der Waals surface area contributed by atoms with Crippen LogP contribution in [0, 0.1) is 0 Å². The Balaban J connectivity index is 1.87. The number of hydrogen-bond acceptors (Lipinski definition) is 5. The molecule has 1 heterocycles. The summed E-state index contributed by atoms with van der Waals surface area (Å²) in [6.07, 6.45) is 0. The lowest BCUT2D eigenvalue weighted by molar-refractivity contribution is 0.0773. The molecule has 0 spiro atoms. The molecule has 0 bridgehead atoms. The minimum atomic E-state index is -0.280. The molecule has 3 rings (SSSR count). The lowest BCUT2D eigenvalue weighted by Crippen LogP contribution is -2.31. The van der Waals surface area contributed by atoms with Gasteiger partial charge in [-0.15, -0.1) is 0 Å². The highest BCUT2D eigenvalue weighted by atomic mass is 16.7. The van der Waals surface area contributed by atoms with Gasteiger partial charge in [0.15, 0.2) is 11.5 Å². The Morgan fingerprint density at radius 2 is 1.71 bits per heavy atom. The molecule has 0 saturated heterocycles. The number of ether oxygens (including phenoxy) is 2. The Hall–Kier alpha value is -3.22. The predicted molar refractivity (Wildman–Crippen MR) is 109 cm³/mol. The van der Waals surface area contributed by atoms with Crippen molar-refractivity contribution in [3.05, 3.63) is 47.5 Å². The highest BCUT2D eigenvalue weighted by Crippen LogP contribution is 2.33. The molecule has 1 aliphatic heterocycles. The number of fused-ring (bicyclic) bond motifs is 1. The topological polar surface area (TPSA) is 71.1 Å². The number of nitrogens with one attached hydrogen (secondary N) is 1. The Bertz CT molecular complexity index is 891. The van der Waals surface area contributed by atoms with Gasteiger partial charge >= 0.3 is 0 Å². The number of carbonyl (C=O) groups excluding carboxylic acids is 2. The van der Waals surface area contributed by atoms with Gasteiger partial charge in [0, 0.05) is 44.1 Å². The van der Waals surface area contributed by atoms with Crippen molar-refractivity contribution in [3.63, 3.8) is 0 Å². The smallest absolute Gasteiger partial charge is 0.256 e. The zero-order valence-electron chi connectivity index (χ0n) is 16.6. The van der Waals surface area contributed by atoms with Crippen LogP contribution in [0.5, 0.6) is 11.5 Å². The lowest BCUT2D eigenvalue weighted by atomic mass is 10.1. The number of hydrogen-bond donors (Lipinski definition) is 1. The summed E-state index contributed by atoms with van der Waals surface area (Å²) < 4.78 is 10.6. The Labute approximate surface area is 164 Å². The largest absolute Gasteiger partial charge is 0.454 e. The number of rotatable bonds is 6. The first-order valence-electron chi connectivity index (χ1n) is 9.26. The Morgan fingerprint density at radius 1 is 1.00 bits per heavy atom. The van der Waals surface area contributed by atoms with E-state index in [1.807, 2.05) is 38.9 Å². The summed E-state index contributed by atoms with van der Waals surface area (Å²) in [5, 5.41) is 2.86. The minimum absolute atomic E-state index is 0.0621. The van der Waals surface area contributed by atoms with Gasteiger partial charge in [-0.25, -0.2) is 0 Å². The van der Waals surface area contributed by atoms with Crippen LogP contribution in [0.4, 0.5) is 11.4 Å². The quantitative estimate of drug-likeness (QED) is 0.829. The highest BCUT2D eigenvalue weighted by Gasteiger charge is 2.20. The van der Waals surface area contributed by atoms with E-state index in [0.29, 0.717) is 41.4 Å². The van der Waals surface area contributed by atoms with Crippen molar-refractivity contribution in [2.75, 3.05) is 44.2 Å².